The fraction of sp³-hybridized carbons (Fsp3) is 0.273. The van der Waals surface area contributed by atoms with E-state index in [0.29, 0.717) is 74.8 Å². The van der Waals surface area contributed by atoms with Crippen molar-refractivity contribution in [3.63, 3.8) is 0 Å². The maximum absolute atomic E-state index is 12.7. The number of aromatic nitrogens is 1. The zero-order chi connectivity index (χ0) is 21.7. The van der Waals surface area contributed by atoms with Gasteiger partial charge in [-0.15, -0.1) is 0 Å². The Morgan fingerprint density at radius 1 is 0.968 bits per heavy atom. The maximum atomic E-state index is 12.7. The molecule has 1 aromatic heterocycles. The van der Waals surface area contributed by atoms with Crippen LogP contribution in [0.3, 0.4) is 0 Å². The molecule has 1 aliphatic heterocycles. The molecule has 2 aromatic carbocycles. The molecule has 0 unspecified atom stereocenters. The summed E-state index contributed by atoms with van der Waals surface area (Å²) >= 11 is 0. The van der Waals surface area contributed by atoms with Crippen molar-refractivity contribution in [3.8, 4) is 28.7 Å². The summed E-state index contributed by atoms with van der Waals surface area (Å²) in [5.74, 6) is 2.30. The number of ketones is 1. The van der Waals surface area contributed by atoms with E-state index in [1.54, 1.807) is 24.3 Å². The van der Waals surface area contributed by atoms with Gasteiger partial charge in [0.1, 0.15) is 0 Å². The average molecular weight is 424 g/mol. The predicted molar refractivity (Wildman–Crippen MR) is 109 cm³/mol. The molecule has 2 aliphatic rings. The number of nitrogens with zero attached hydrogens (tertiary/aromatic N) is 2. The Morgan fingerprint density at radius 3 is 2.29 bits per heavy atom. The summed E-state index contributed by atoms with van der Waals surface area (Å²) < 4.78 is 28.2. The Bertz CT molecular complexity index is 1280. The third-order valence-electron chi connectivity index (χ3n) is 5.51. The first-order valence-corrected chi connectivity index (χ1v) is 9.64. The molecule has 0 saturated heterocycles. The fourth-order valence-corrected chi connectivity index (χ4v) is 4.08. The van der Waals surface area contributed by atoms with Crippen molar-refractivity contribution < 1.29 is 33.7 Å². The van der Waals surface area contributed by atoms with E-state index in [1.807, 2.05) is 0 Å². The molecule has 0 bridgehead atoms. The van der Waals surface area contributed by atoms with Gasteiger partial charge in [0.2, 0.25) is 12.5 Å². The number of rotatable bonds is 4. The monoisotopic (exact) mass is 424 g/mol. The largest absolute Gasteiger partial charge is 0.493 e. The van der Waals surface area contributed by atoms with Crippen LogP contribution in [0.15, 0.2) is 29.3 Å². The smallest absolute Gasteiger partial charge is 0.231 e. The van der Waals surface area contributed by atoms with Gasteiger partial charge in [0.25, 0.3) is 0 Å². The SMILES string of the molecule is COc1cc(N=c2c3c(n(O)c4cc5c(cc24)OCO5)CCC3=O)cc(OC)c1OC. The van der Waals surface area contributed by atoms with Gasteiger partial charge in [0.15, 0.2) is 28.8 Å². The third-order valence-corrected chi connectivity index (χ3v) is 5.51. The molecule has 0 saturated carbocycles. The summed E-state index contributed by atoms with van der Waals surface area (Å²) in [5, 5.41) is 11.8. The molecule has 0 radical (unpaired) electrons. The van der Waals surface area contributed by atoms with Crippen LogP contribution in [0.4, 0.5) is 5.69 Å². The van der Waals surface area contributed by atoms with Gasteiger partial charge in [-0.2, -0.15) is 4.73 Å². The van der Waals surface area contributed by atoms with Crippen LogP contribution in [0.25, 0.3) is 10.9 Å². The molecule has 1 N–H and O–H groups in total. The molecule has 0 fully saturated rings. The van der Waals surface area contributed by atoms with Crippen LogP contribution >= 0.6 is 0 Å². The second-order valence-corrected chi connectivity index (χ2v) is 7.12. The molecule has 160 valence electrons. The van der Waals surface area contributed by atoms with E-state index >= 15 is 0 Å². The van der Waals surface area contributed by atoms with E-state index in [9.17, 15) is 10.0 Å². The van der Waals surface area contributed by atoms with Gasteiger partial charge in [-0.05, 0) is 12.5 Å². The van der Waals surface area contributed by atoms with Gasteiger partial charge in [-0.1, -0.05) is 0 Å². The van der Waals surface area contributed by atoms with Crippen molar-refractivity contribution in [2.24, 2.45) is 4.99 Å². The second-order valence-electron chi connectivity index (χ2n) is 7.12. The van der Waals surface area contributed by atoms with Crippen molar-refractivity contribution in [1.82, 2.24) is 4.73 Å². The first kappa shape index (κ1) is 19.1. The van der Waals surface area contributed by atoms with Crippen LogP contribution in [0.5, 0.6) is 28.7 Å². The summed E-state index contributed by atoms with van der Waals surface area (Å²) in [5.41, 5.74) is 1.89. The normalized spacial score (nSPS) is 14.8. The van der Waals surface area contributed by atoms with Crippen LogP contribution in [0, 0.1) is 0 Å². The first-order chi connectivity index (χ1) is 15.0. The number of hydrogen-bond acceptors (Lipinski definition) is 8. The number of fused-ring (bicyclic) bond motifs is 3. The standard InChI is InChI=1S/C22H20N2O7/c1-27-18-6-11(7-19(28-2)22(18)29-3)23-21-12-8-16-17(31-10-30-16)9-14(12)24(26)13-4-5-15(25)20(13)21/h6-9,26H,4-5,10H2,1-3H3. The highest BCUT2D eigenvalue weighted by Crippen LogP contribution is 2.41. The van der Waals surface area contributed by atoms with E-state index in [2.05, 4.69) is 0 Å². The Hall–Kier alpha value is -3.88. The molecule has 2 heterocycles. The first-order valence-electron chi connectivity index (χ1n) is 9.64. The van der Waals surface area contributed by atoms with Crippen LogP contribution in [0.2, 0.25) is 0 Å². The molecular weight excluding hydrogens is 404 g/mol. The lowest BCUT2D eigenvalue weighted by atomic mass is 10.1. The van der Waals surface area contributed by atoms with E-state index in [4.69, 9.17) is 28.7 Å². The topological polar surface area (TPSA) is 101 Å². The second kappa shape index (κ2) is 7.12. The minimum atomic E-state index is -0.0800. The Labute approximate surface area is 177 Å². The van der Waals surface area contributed by atoms with Gasteiger partial charge in [-0.3, -0.25) is 4.79 Å². The predicted octanol–water partition coefficient (Wildman–Crippen LogP) is 2.99. The lowest BCUT2D eigenvalue weighted by Gasteiger charge is -2.14. The number of carbonyl (C=O) groups excluding carboxylic acids is 1. The highest BCUT2D eigenvalue weighted by molar-refractivity contribution is 6.03. The number of ether oxygens (including phenoxy) is 5. The van der Waals surface area contributed by atoms with Crippen molar-refractivity contribution in [3.05, 3.63) is 40.9 Å². The maximum Gasteiger partial charge on any atom is 0.231 e. The summed E-state index contributed by atoms with van der Waals surface area (Å²) in [6, 6.07) is 6.82. The Kier molecular flexibility index (Phi) is 4.39. The van der Waals surface area contributed by atoms with Gasteiger partial charge < -0.3 is 28.9 Å². The molecule has 3 aromatic rings. The molecule has 9 nitrogen and oxygen atoms in total. The Morgan fingerprint density at radius 2 is 1.65 bits per heavy atom. The van der Waals surface area contributed by atoms with Crippen LogP contribution in [-0.2, 0) is 6.42 Å². The summed E-state index contributed by atoms with van der Waals surface area (Å²) in [4.78, 5) is 17.5. The van der Waals surface area contributed by atoms with Gasteiger partial charge >= 0.3 is 0 Å². The molecule has 1 aliphatic carbocycles. The van der Waals surface area contributed by atoms with Gasteiger partial charge in [0.05, 0.1) is 49.1 Å². The molecule has 9 heteroatoms. The van der Waals surface area contributed by atoms with Crippen LogP contribution in [-0.4, -0.2) is 43.8 Å². The van der Waals surface area contributed by atoms with Gasteiger partial charge in [0, 0.05) is 30.0 Å². The number of benzene rings is 2. The van der Waals surface area contributed by atoms with Crippen molar-refractivity contribution >= 4 is 22.4 Å². The summed E-state index contributed by atoms with van der Waals surface area (Å²) in [6.07, 6.45) is 0.726. The number of hydrogen-bond donors (Lipinski definition) is 1. The molecular formula is C22H20N2O7. The van der Waals surface area contributed by atoms with Crippen LogP contribution < -0.4 is 29.0 Å². The highest BCUT2D eigenvalue weighted by atomic mass is 16.7. The van der Waals surface area contributed by atoms with E-state index in [0.717, 1.165) is 4.73 Å². The Balaban J connectivity index is 1.87. The summed E-state index contributed by atoms with van der Waals surface area (Å²) in [7, 11) is 4.57. The zero-order valence-corrected chi connectivity index (χ0v) is 17.2. The van der Waals surface area contributed by atoms with Crippen LogP contribution in [0.1, 0.15) is 22.5 Å². The molecule has 5 rings (SSSR count). The molecule has 0 spiro atoms. The number of carbonyl (C=O) groups is 1. The average Bonchev–Trinajstić information content (AvgIpc) is 3.41. The van der Waals surface area contributed by atoms with E-state index < -0.39 is 0 Å². The minimum absolute atomic E-state index is 0.0800. The third kappa shape index (κ3) is 2.84. The van der Waals surface area contributed by atoms with Crippen molar-refractivity contribution in [2.75, 3.05) is 28.1 Å². The summed E-state index contributed by atoms with van der Waals surface area (Å²) in [6.45, 7) is 0.0923. The van der Waals surface area contributed by atoms with E-state index in [-0.39, 0.29) is 12.6 Å². The molecule has 0 amide bonds. The lowest BCUT2D eigenvalue weighted by molar-refractivity contribution is 0.0993. The number of Topliss-reactive ketones (excluding diaryl/α,β-unsaturated/α-hetero) is 1. The zero-order valence-electron chi connectivity index (χ0n) is 17.2. The minimum Gasteiger partial charge on any atom is -0.493 e. The van der Waals surface area contributed by atoms with E-state index in [1.165, 1.54) is 21.3 Å². The van der Waals surface area contributed by atoms with Gasteiger partial charge in [-0.25, -0.2) is 4.99 Å². The molecule has 0 atom stereocenters. The quantitative estimate of drug-likeness (QED) is 0.643. The van der Waals surface area contributed by atoms with Crippen molar-refractivity contribution in [2.45, 2.75) is 12.8 Å². The number of pyridine rings is 1. The lowest BCUT2D eigenvalue weighted by Crippen LogP contribution is -2.19. The fourth-order valence-electron chi connectivity index (χ4n) is 4.08. The highest BCUT2D eigenvalue weighted by Gasteiger charge is 2.29. The molecule has 31 heavy (non-hydrogen) atoms. The number of methoxy groups -OCH3 is 3. The van der Waals surface area contributed by atoms with Crippen molar-refractivity contribution in [1.29, 1.82) is 0 Å².